The lowest BCUT2D eigenvalue weighted by atomic mass is 10.1. The van der Waals surface area contributed by atoms with Gasteiger partial charge in [0.15, 0.2) is 10.4 Å². The highest BCUT2D eigenvalue weighted by Crippen LogP contribution is 2.25. The monoisotopic (exact) mass is 492 g/mol. The van der Waals surface area contributed by atoms with E-state index in [-0.39, 0.29) is 5.76 Å². The summed E-state index contributed by atoms with van der Waals surface area (Å²) >= 11 is 3.18. The molecule has 0 saturated carbocycles. The van der Waals surface area contributed by atoms with E-state index >= 15 is 0 Å². The molecule has 0 aliphatic heterocycles. The largest absolute Gasteiger partial charge is 0.494 e. The maximum absolute atomic E-state index is 12.2. The molecule has 2 heterocycles. The number of furan rings is 1. The van der Waals surface area contributed by atoms with Crippen molar-refractivity contribution in [1.82, 2.24) is 15.2 Å². The molecule has 0 aliphatic rings. The Morgan fingerprint density at radius 3 is 2.62 bits per heavy atom. The molecule has 0 saturated heterocycles. The van der Waals surface area contributed by atoms with E-state index in [1.54, 1.807) is 23.0 Å². The standard InChI is InChI=1S/C24H21BrN4O3/c1-2-14-31-20-10-8-17(9-11-20)23-18(16-29(28-23)19-6-4-3-5-7-19)15-26-27-24(30)21-12-13-22(25)32-21/h3-13,15-16H,2,14H2,1H3,(H,27,30)/b26-15-. The van der Waals surface area contributed by atoms with Crippen molar-refractivity contribution >= 4 is 28.1 Å². The molecule has 0 unspecified atom stereocenters. The number of para-hydroxylation sites is 1. The van der Waals surface area contributed by atoms with Crippen molar-refractivity contribution in [2.45, 2.75) is 13.3 Å². The van der Waals surface area contributed by atoms with Crippen molar-refractivity contribution in [3.8, 4) is 22.7 Å². The molecular weight excluding hydrogens is 472 g/mol. The third-order valence-corrected chi connectivity index (χ3v) is 4.96. The molecule has 0 fully saturated rings. The Labute approximate surface area is 193 Å². The number of nitrogens with one attached hydrogen (secondary N) is 1. The molecule has 1 N–H and O–H groups in total. The molecule has 0 bridgehead atoms. The van der Waals surface area contributed by atoms with E-state index < -0.39 is 5.91 Å². The van der Waals surface area contributed by atoms with Gasteiger partial charge in [0.25, 0.3) is 0 Å². The summed E-state index contributed by atoms with van der Waals surface area (Å²) in [5.41, 5.74) is 5.78. The number of amides is 1. The molecule has 4 rings (SSSR count). The lowest BCUT2D eigenvalue weighted by Crippen LogP contribution is -2.16. The number of carbonyl (C=O) groups is 1. The number of rotatable bonds is 8. The second-order valence-electron chi connectivity index (χ2n) is 6.89. The zero-order valence-electron chi connectivity index (χ0n) is 17.4. The van der Waals surface area contributed by atoms with Gasteiger partial charge in [0, 0.05) is 17.3 Å². The van der Waals surface area contributed by atoms with Crippen LogP contribution in [0.2, 0.25) is 0 Å². The number of hydrogen-bond acceptors (Lipinski definition) is 5. The van der Waals surface area contributed by atoms with Crippen LogP contribution < -0.4 is 10.2 Å². The minimum atomic E-state index is -0.443. The van der Waals surface area contributed by atoms with Crippen molar-refractivity contribution in [3.05, 3.63) is 88.9 Å². The molecule has 0 radical (unpaired) electrons. The van der Waals surface area contributed by atoms with Crippen LogP contribution in [0.1, 0.15) is 29.5 Å². The molecular formula is C24H21BrN4O3. The van der Waals surface area contributed by atoms with E-state index in [1.165, 1.54) is 0 Å². The Morgan fingerprint density at radius 1 is 1.16 bits per heavy atom. The van der Waals surface area contributed by atoms with Gasteiger partial charge in [0.2, 0.25) is 0 Å². The third kappa shape index (κ3) is 5.15. The zero-order valence-corrected chi connectivity index (χ0v) is 19.0. The van der Waals surface area contributed by atoms with Gasteiger partial charge in [-0.05, 0) is 70.9 Å². The van der Waals surface area contributed by atoms with Gasteiger partial charge in [0.1, 0.15) is 11.4 Å². The number of carbonyl (C=O) groups excluding carboxylic acids is 1. The van der Waals surface area contributed by atoms with Gasteiger partial charge in [-0.1, -0.05) is 25.1 Å². The highest BCUT2D eigenvalue weighted by atomic mass is 79.9. The summed E-state index contributed by atoms with van der Waals surface area (Å²) in [5.74, 6) is 0.531. The molecule has 8 heteroatoms. The van der Waals surface area contributed by atoms with Crippen LogP contribution in [0, 0.1) is 0 Å². The van der Waals surface area contributed by atoms with Gasteiger partial charge in [-0.25, -0.2) is 10.1 Å². The SMILES string of the molecule is CCCOc1ccc(-c2nn(-c3ccccc3)cc2/C=N\NC(=O)c2ccc(Br)o2)cc1. The number of aromatic nitrogens is 2. The summed E-state index contributed by atoms with van der Waals surface area (Å²) in [6.45, 7) is 2.74. The first-order valence-electron chi connectivity index (χ1n) is 10.1. The topological polar surface area (TPSA) is 81.6 Å². The number of hydrazone groups is 1. The summed E-state index contributed by atoms with van der Waals surface area (Å²) in [6, 6.07) is 20.8. The second-order valence-corrected chi connectivity index (χ2v) is 7.67. The molecule has 7 nitrogen and oxygen atoms in total. The molecule has 4 aromatic rings. The first-order valence-corrected chi connectivity index (χ1v) is 10.9. The maximum Gasteiger partial charge on any atom is 0.307 e. The number of benzene rings is 2. The van der Waals surface area contributed by atoms with Crippen LogP contribution in [0.15, 0.2) is 87.1 Å². The van der Waals surface area contributed by atoms with Gasteiger partial charge in [-0.2, -0.15) is 10.2 Å². The number of nitrogens with zero attached hydrogens (tertiary/aromatic N) is 3. The molecule has 1 amide bonds. The number of hydrogen-bond donors (Lipinski definition) is 1. The van der Waals surface area contributed by atoms with Crippen LogP contribution in [0.4, 0.5) is 0 Å². The second kappa shape index (κ2) is 10.1. The minimum Gasteiger partial charge on any atom is -0.494 e. The molecule has 0 aliphatic carbocycles. The lowest BCUT2D eigenvalue weighted by molar-refractivity contribution is 0.0926. The quantitative estimate of drug-likeness (QED) is 0.262. The third-order valence-electron chi connectivity index (χ3n) is 4.53. The Bertz CT molecular complexity index is 1210. The normalized spacial score (nSPS) is 11.1. The summed E-state index contributed by atoms with van der Waals surface area (Å²) in [5, 5.41) is 8.85. The average Bonchev–Trinajstić information content (AvgIpc) is 3.45. The van der Waals surface area contributed by atoms with E-state index in [9.17, 15) is 4.79 Å². The molecule has 0 spiro atoms. The van der Waals surface area contributed by atoms with E-state index in [0.29, 0.717) is 11.3 Å². The van der Waals surface area contributed by atoms with Gasteiger partial charge >= 0.3 is 5.91 Å². The Balaban J connectivity index is 1.61. The molecule has 162 valence electrons. The van der Waals surface area contributed by atoms with Crippen molar-refractivity contribution in [3.63, 3.8) is 0 Å². The van der Waals surface area contributed by atoms with E-state index in [2.05, 4.69) is 33.4 Å². The fourth-order valence-electron chi connectivity index (χ4n) is 3.00. The van der Waals surface area contributed by atoms with Crippen LogP contribution in [0.25, 0.3) is 16.9 Å². The Hall–Kier alpha value is -3.65. The van der Waals surface area contributed by atoms with Crippen molar-refractivity contribution in [2.75, 3.05) is 6.61 Å². The van der Waals surface area contributed by atoms with Crippen LogP contribution in [0.3, 0.4) is 0 Å². The fraction of sp³-hybridized carbons (Fsp3) is 0.125. The molecule has 2 aromatic heterocycles. The first kappa shape index (κ1) is 21.6. The Kier molecular flexibility index (Phi) is 6.81. The predicted octanol–water partition coefficient (Wildman–Crippen LogP) is 5.45. The molecule has 32 heavy (non-hydrogen) atoms. The summed E-state index contributed by atoms with van der Waals surface area (Å²) in [6.07, 6.45) is 4.38. The van der Waals surface area contributed by atoms with Gasteiger partial charge in [0.05, 0.1) is 18.5 Å². The van der Waals surface area contributed by atoms with E-state index in [0.717, 1.165) is 34.7 Å². The lowest BCUT2D eigenvalue weighted by Gasteiger charge is -2.05. The van der Waals surface area contributed by atoms with Gasteiger partial charge < -0.3 is 9.15 Å². The number of ether oxygens (including phenoxy) is 1. The molecule has 0 atom stereocenters. The van der Waals surface area contributed by atoms with Crippen LogP contribution >= 0.6 is 15.9 Å². The summed E-state index contributed by atoms with van der Waals surface area (Å²) in [4.78, 5) is 12.2. The molecule has 2 aromatic carbocycles. The number of halogens is 1. The van der Waals surface area contributed by atoms with Crippen LogP contribution in [-0.4, -0.2) is 28.5 Å². The predicted molar refractivity (Wildman–Crippen MR) is 126 cm³/mol. The first-order chi connectivity index (χ1) is 15.6. The van der Waals surface area contributed by atoms with Crippen molar-refractivity contribution < 1.29 is 13.9 Å². The highest BCUT2D eigenvalue weighted by Gasteiger charge is 2.13. The zero-order chi connectivity index (χ0) is 22.3. The summed E-state index contributed by atoms with van der Waals surface area (Å²) < 4.78 is 13.2. The maximum atomic E-state index is 12.2. The smallest absolute Gasteiger partial charge is 0.307 e. The van der Waals surface area contributed by atoms with Crippen molar-refractivity contribution in [2.24, 2.45) is 5.10 Å². The van der Waals surface area contributed by atoms with E-state index in [1.807, 2.05) is 60.8 Å². The fourth-order valence-corrected chi connectivity index (χ4v) is 3.31. The average molecular weight is 493 g/mol. The van der Waals surface area contributed by atoms with Crippen molar-refractivity contribution in [1.29, 1.82) is 0 Å². The van der Waals surface area contributed by atoms with Gasteiger partial charge in [-0.3, -0.25) is 4.79 Å². The minimum absolute atomic E-state index is 0.164. The van der Waals surface area contributed by atoms with Gasteiger partial charge in [-0.15, -0.1) is 0 Å². The highest BCUT2D eigenvalue weighted by molar-refractivity contribution is 9.10. The Morgan fingerprint density at radius 2 is 1.94 bits per heavy atom. The summed E-state index contributed by atoms with van der Waals surface area (Å²) in [7, 11) is 0. The van der Waals surface area contributed by atoms with Crippen LogP contribution in [-0.2, 0) is 0 Å². The van der Waals surface area contributed by atoms with E-state index in [4.69, 9.17) is 14.3 Å². The van der Waals surface area contributed by atoms with Crippen LogP contribution in [0.5, 0.6) is 5.75 Å².